The quantitative estimate of drug-likeness (QED) is 0.476. The van der Waals surface area contributed by atoms with Gasteiger partial charge in [-0.1, -0.05) is 0 Å². The molecule has 1 aromatic heterocycles. The molecule has 1 fully saturated rings. The van der Waals surface area contributed by atoms with Gasteiger partial charge in [-0.3, -0.25) is 10.1 Å². The van der Waals surface area contributed by atoms with Crippen molar-refractivity contribution in [3.63, 3.8) is 0 Å². The van der Waals surface area contributed by atoms with Crippen LogP contribution in [-0.2, 0) is 9.84 Å². The first-order valence-corrected chi connectivity index (χ1v) is 7.31. The van der Waals surface area contributed by atoms with Gasteiger partial charge in [-0.2, -0.15) is 0 Å². The fourth-order valence-electron chi connectivity index (χ4n) is 1.75. The van der Waals surface area contributed by atoms with Gasteiger partial charge >= 0.3 is 5.69 Å². The molecule has 18 heavy (non-hydrogen) atoms. The maximum absolute atomic E-state index is 11.3. The van der Waals surface area contributed by atoms with Gasteiger partial charge in [0.05, 0.1) is 16.4 Å². The minimum Gasteiger partial charge on any atom is -0.362 e. The Balaban J connectivity index is 2.26. The fourth-order valence-corrected chi connectivity index (χ4v) is 3.58. The Labute approximate surface area is 108 Å². The van der Waals surface area contributed by atoms with Crippen molar-refractivity contribution >= 4 is 33.6 Å². The minimum absolute atomic E-state index is 0.0346. The highest BCUT2D eigenvalue weighted by molar-refractivity contribution is 7.91. The molecule has 0 unspecified atom stereocenters. The first-order valence-electron chi connectivity index (χ1n) is 5.08. The lowest BCUT2D eigenvalue weighted by molar-refractivity contribution is -0.384. The maximum atomic E-state index is 11.3. The zero-order valence-electron chi connectivity index (χ0n) is 9.12. The first kappa shape index (κ1) is 12.9. The second-order valence-electron chi connectivity index (χ2n) is 3.95. The molecule has 8 nitrogen and oxygen atoms in total. The second kappa shape index (κ2) is 4.61. The Morgan fingerprint density at radius 2 is 2.33 bits per heavy atom. The van der Waals surface area contributed by atoms with Gasteiger partial charge in [0.15, 0.2) is 20.4 Å². The van der Waals surface area contributed by atoms with E-state index in [4.69, 9.17) is 12.2 Å². The topological polar surface area (TPSA) is 118 Å². The molecule has 10 heteroatoms. The zero-order valence-corrected chi connectivity index (χ0v) is 10.8. The lowest BCUT2D eigenvalue weighted by Crippen LogP contribution is -2.22. The van der Waals surface area contributed by atoms with Crippen LogP contribution in [-0.4, -0.2) is 40.9 Å². The molecule has 0 radical (unpaired) electrons. The van der Waals surface area contributed by atoms with Crippen molar-refractivity contribution in [2.24, 2.45) is 0 Å². The summed E-state index contributed by atoms with van der Waals surface area (Å²) >= 11 is 4.78. The smallest absolute Gasteiger partial charge is 0.327 e. The molecule has 1 saturated heterocycles. The number of H-pyrrole nitrogens is 1. The summed E-state index contributed by atoms with van der Waals surface area (Å²) in [5.74, 6) is 0.152. The molecule has 0 aromatic carbocycles. The number of nitro groups is 1. The summed E-state index contributed by atoms with van der Waals surface area (Å²) in [6.07, 6.45) is 1.47. The molecule has 0 spiro atoms. The molecule has 2 rings (SSSR count). The Bertz CT molecular complexity index is 639. The molecule has 1 atom stereocenters. The van der Waals surface area contributed by atoms with Gasteiger partial charge < -0.3 is 10.3 Å². The van der Waals surface area contributed by atoms with E-state index in [0.717, 1.165) is 6.20 Å². The van der Waals surface area contributed by atoms with Crippen molar-refractivity contribution < 1.29 is 13.3 Å². The number of hydrogen-bond donors (Lipinski definition) is 2. The van der Waals surface area contributed by atoms with E-state index in [1.165, 1.54) is 0 Å². The third-order valence-corrected chi connectivity index (χ3v) is 4.55. The summed E-state index contributed by atoms with van der Waals surface area (Å²) in [7, 11) is -3.05. The van der Waals surface area contributed by atoms with E-state index in [-0.39, 0.29) is 33.8 Å². The number of aromatic nitrogens is 2. The van der Waals surface area contributed by atoms with Crippen molar-refractivity contribution in [2.75, 3.05) is 16.8 Å². The van der Waals surface area contributed by atoms with Gasteiger partial charge in [0.1, 0.15) is 6.20 Å². The highest BCUT2D eigenvalue weighted by Gasteiger charge is 2.29. The van der Waals surface area contributed by atoms with Gasteiger partial charge in [-0.05, 0) is 18.6 Å². The highest BCUT2D eigenvalue weighted by Crippen LogP contribution is 2.23. The van der Waals surface area contributed by atoms with Gasteiger partial charge in [0.25, 0.3) is 0 Å². The van der Waals surface area contributed by atoms with Crippen molar-refractivity contribution in [3.8, 4) is 0 Å². The molecular formula is C8H10N4O4S2. The van der Waals surface area contributed by atoms with Crippen molar-refractivity contribution in [3.05, 3.63) is 21.1 Å². The fraction of sp³-hybridized carbons (Fsp3) is 0.500. The van der Waals surface area contributed by atoms with Crippen LogP contribution < -0.4 is 5.32 Å². The number of aromatic amines is 1. The summed E-state index contributed by atoms with van der Waals surface area (Å²) in [4.78, 5) is 16.4. The number of nitrogens with zero attached hydrogens (tertiary/aromatic N) is 2. The SMILES string of the molecule is O=[N+]([O-])c1cnc(=S)[nH]c1N[C@@H]1CCS(=O)(=O)C1. The van der Waals surface area contributed by atoms with E-state index in [2.05, 4.69) is 15.3 Å². The molecule has 1 aliphatic rings. The minimum atomic E-state index is -3.05. The molecule has 1 aliphatic heterocycles. The molecule has 0 saturated carbocycles. The number of sulfone groups is 1. The zero-order chi connectivity index (χ0) is 13.3. The third-order valence-electron chi connectivity index (χ3n) is 2.57. The summed E-state index contributed by atoms with van der Waals surface area (Å²) in [5.41, 5.74) is -0.257. The van der Waals surface area contributed by atoms with Crippen molar-refractivity contribution in [1.29, 1.82) is 0 Å². The van der Waals surface area contributed by atoms with Gasteiger partial charge in [0.2, 0.25) is 0 Å². The van der Waals surface area contributed by atoms with Crippen LogP contribution in [0.25, 0.3) is 0 Å². The monoisotopic (exact) mass is 290 g/mol. The number of nitrogens with one attached hydrogen (secondary N) is 2. The predicted octanol–water partition coefficient (Wildman–Crippen LogP) is 0.646. The van der Waals surface area contributed by atoms with Crippen molar-refractivity contribution in [1.82, 2.24) is 9.97 Å². The Hall–Kier alpha value is -1.55. The summed E-state index contributed by atoms with van der Waals surface area (Å²) < 4.78 is 22.7. The average Bonchev–Trinajstić information content (AvgIpc) is 2.57. The van der Waals surface area contributed by atoms with Gasteiger partial charge in [0, 0.05) is 6.04 Å². The van der Waals surface area contributed by atoms with Crippen LogP contribution >= 0.6 is 12.2 Å². The third kappa shape index (κ3) is 2.82. The molecule has 0 aliphatic carbocycles. The Morgan fingerprint density at radius 3 is 2.89 bits per heavy atom. The van der Waals surface area contributed by atoms with E-state index in [0.29, 0.717) is 6.42 Å². The van der Waals surface area contributed by atoms with Gasteiger partial charge in [-0.25, -0.2) is 13.4 Å². The first-order chi connectivity index (χ1) is 8.37. The molecule has 0 bridgehead atoms. The lowest BCUT2D eigenvalue weighted by Gasteiger charge is -2.11. The molecule has 1 aromatic rings. The Morgan fingerprint density at radius 1 is 1.61 bits per heavy atom. The normalized spacial score (nSPS) is 21.7. The maximum Gasteiger partial charge on any atom is 0.327 e. The predicted molar refractivity (Wildman–Crippen MR) is 66.8 cm³/mol. The van der Waals surface area contributed by atoms with Crippen LogP contribution in [0.3, 0.4) is 0 Å². The molecule has 2 N–H and O–H groups in total. The summed E-state index contributed by atoms with van der Waals surface area (Å²) in [6, 6.07) is -0.346. The average molecular weight is 290 g/mol. The number of anilines is 1. The molecule has 2 heterocycles. The highest BCUT2D eigenvalue weighted by atomic mass is 32.2. The molecule has 0 amide bonds. The number of hydrogen-bond acceptors (Lipinski definition) is 7. The van der Waals surface area contributed by atoms with Crippen LogP contribution in [0.4, 0.5) is 11.5 Å². The van der Waals surface area contributed by atoms with E-state index >= 15 is 0 Å². The van der Waals surface area contributed by atoms with E-state index in [1.54, 1.807) is 0 Å². The van der Waals surface area contributed by atoms with Gasteiger partial charge in [-0.15, -0.1) is 0 Å². The van der Waals surface area contributed by atoms with Crippen LogP contribution in [0.15, 0.2) is 6.20 Å². The van der Waals surface area contributed by atoms with E-state index < -0.39 is 14.8 Å². The van der Waals surface area contributed by atoms with Crippen LogP contribution in [0, 0.1) is 14.9 Å². The molecular weight excluding hydrogens is 280 g/mol. The number of rotatable bonds is 3. The second-order valence-corrected chi connectivity index (χ2v) is 6.57. The van der Waals surface area contributed by atoms with Crippen LogP contribution in [0.1, 0.15) is 6.42 Å². The van der Waals surface area contributed by atoms with E-state index in [9.17, 15) is 18.5 Å². The van der Waals surface area contributed by atoms with Crippen molar-refractivity contribution in [2.45, 2.75) is 12.5 Å². The standard InChI is InChI=1S/C8H10N4O4S2/c13-12(14)6-3-9-8(17)11-7(6)10-5-1-2-18(15,16)4-5/h3,5H,1-2,4H2,(H2,9,10,11,17)/t5-/m1/s1. The Kier molecular flexibility index (Phi) is 3.30. The van der Waals surface area contributed by atoms with Crippen LogP contribution in [0.5, 0.6) is 0 Å². The summed E-state index contributed by atoms with van der Waals surface area (Å²) in [6.45, 7) is 0. The summed E-state index contributed by atoms with van der Waals surface area (Å²) in [5, 5.41) is 13.6. The van der Waals surface area contributed by atoms with E-state index in [1.807, 2.05) is 0 Å². The molecule has 98 valence electrons. The lowest BCUT2D eigenvalue weighted by atomic mass is 10.2. The largest absolute Gasteiger partial charge is 0.362 e. The van der Waals surface area contributed by atoms with Crippen LogP contribution in [0.2, 0.25) is 0 Å².